The summed E-state index contributed by atoms with van der Waals surface area (Å²) in [5, 5.41) is 2.89. The van der Waals surface area contributed by atoms with E-state index in [1.54, 1.807) is 0 Å². The van der Waals surface area contributed by atoms with Crippen molar-refractivity contribution in [1.29, 1.82) is 0 Å². The maximum Gasteiger partial charge on any atom is 0.225 e. The van der Waals surface area contributed by atoms with Gasteiger partial charge in [0.1, 0.15) is 11.3 Å². The van der Waals surface area contributed by atoms with Crippen molar-refractivity contribution >= 4 is 34.9 Å². The van der Waals surface area contributed by atoms with Crippen LogP contribution in [0, 0.1) is 5.92 Å². The van der Waals surface area contributed by atoms with Crippen LogP contribution in [-0.4, -0.2) is 22.4 Å². The molecule has 0 aliphatic heterocycles. The third kappa shape index (κ3) is 4.76. The number of aromatic nitrogens is 2. The number of amides is 1. The molecular weight excluding hydrogens is 275 g/mol. The number of nitrogens with two attached hydrogens (primary N) is 1. The standard InChI is InChI=1S/C11H16Cl2N4O/c1-7(4-5-14)2-3-8(18)17-11-9(12)10(13)15-6-16-11/h6-7H,2-5,14H2,1H3,(H,15,16,17,18). The molecule has 18 heavy (non-hydrogen) atoms. The fourth-order valence-electron chi connectivity index (χ4n) is 1.44. The van der Waals surface area contributed by atoms with Crippen molar-refractivity contribution in [3.63, 3.8) is 0 Å². The first-order valence-electron chi connectivity index (χ1n) is 5.70. The topological polar surface area (TPSA) is 80.9 Å². The average Bonchev–Trinajstić information content (AvgIpc) is 2.33. The highest BCUT2D eigenvalue weighted by molar-refractivity contribution is 6.42. The lowest BCUT2D eigenvalue weighted by molar-refractivity contribution is -0.116. The van der Waals surface area contributed by atoms with Gasteiger partial charge in [-0.1, -0.05) is 30.1 Å². The Hall–Kier alpha value is -0.910. The SMILES string of the molecule is CC(CCN)CCC(=O)Nc1ncnc(Cl)c1Cl. The van der Waals surface area contributed by atoms with Crippen LogP contribution in [0.2, 0.25) is 10.2 Å². The number of nitrogens with zero attached hydrogens (tertiary/aromatic N) is 2. The van der Waals surface area contributed by atoms with E-state index in [-0.39, 0.29) is 21.9 Å². The van der Waals surface area contributed by atoms with Gasteiger partial charge < -0.3 is 11.1 Å². The fraction of sp³-hybridized carbons (Fsp3) is 0.545. The first-order chi connectivity index (χ1) is 8.54. The highest BCUT2D eigenvalue weighted by Gasteiger charge is 2.11. The second-order valence-electron chi connectivity index (χ2n) is 4.10. The molecule has 1 amide bonds. The lowest BCUT2D eigenvalue weighted by atomic mass is 10.0. The Morgan fingerprint density at radius 3 is 2.83 bits per heavy atom. The molecule has 1 rings (SSSR count). The van der Waals surface area contributed by atoms with E-state index >= 15 is 0 Å². The zero-order valence-corrected chi connectivity index (χ0v) is 11.6. The van der Waals surface area contributed by atoms with Crippen molar-refractivity contribution in [2.45, 2.75) is 26.2 Å². The van der Waals surface area contributed by atoms with Crippen molar-refractivity contribution in [1.82, 2.24) is 9.97 Å². The van der Waals surface area contributed by atoms with E-state index in [2.05, 4.69) is 22.2 Å². The van der Waals surface area contributed by atoms with Crippen LogP contribution in [0.25, 0.3) is 0 Å². The van der Waals surface area contributed by atoms with Crippen molar-refractivity contribution in [2.75, 3.05) is 11.9 Å². The highest BCUT2D eigenvalue weighted by Crippen LogP contribution is 2.25. The predicted octanol–water partition coefficient (Wildman–Crippen LogP) is 2.49. The molecule has 1 aromatic rings. The Kier molecular flexibility index (Phi) is 6.32. The van der Waals surface area contributed by atoms with Gasteiger partial charge in [0, 0.05) is 6.42 Å². The molecule has 0 aromatic carbocycles. The van der Waals surface area contributed by atoms with E-state index in [1.807, 2.05) is 0 Å². The molecule has 7 heteroatoms. The largest absolute Gasteiger partial charge is 0.330 e. The summed E-state index contributed by atoms with van der Waals surface area (Å²) >= 11 is 11.6. The maximum atomic E-state index is 11.7. The van der Waals surface area contributed by atoms with Gasteiger partial charge in [-0.25, -0.2) is 9.97 Å². The van der Waals surface area contributed by atoms with E-state index in [9.17, 15) is 4.79 Å². The minimum Gasteiger partial charge on any atom is -0.330 e. The van der Waals surface area contributed by atoms with Gasteiger partial charge in [-0.15, -0.1) is 0 Å². The molecule has 0 saturated carbocycles. The van der Waals surface area contributed by atoms with Crippen LogP contribution in [0.4, 0.5) is 5.82 Å². The Bertz CT molecular complexity index is 414. The van der Waals surface area contributed by atoms with E-state index in [0.29, 0.717) is 18.9 Å². The van der Waals surface area contributed by atoms with Crippen molar-refractivity contribution in [3.05, 3.63) is 16.5 Å². The van der Waals surface area contributed by atoms with Gasteiger partial charge in [0.25, 0.3) is 0 Å². The number of carbonyl (C=O) groups excluding carboxylic acids is 1. The first-order valence-corrected chi connectivity index (χ1v) is 6.46. The predicted molar refractivity (Wildman–Crippen MR) is 72.8 cm³/mol. The first kappa shape index (κ1) is 15.1. The number of carbonyl (C=O) groups is 1. The van der Waals surface area contributed by atoms with E-state index in [1.165, 1.54) is 6.33 Å². The molecule has 1 heterocycles. The van der Waals surface area contributed by atoms with E-state index < -0.39 is 0 Å². The molecule has 0 spiro atoms. The summed E-state index contributed by atoms with van der Waals surface area (Å²) in [5.74, 6) is 0.522. The van der Waals surface area contributed by atoms with Gasteiger partial charge in [0.15, 0.2) is 11.0 Å². The van der Waals surface area contributed by atoms with Gasteiger partial charge in [0.05, 0.1) is 0 Å². The third-order valence-electron chi connectivity index (χ3n) is 2.53. The smallest absolute Gasteiger partial charge is 0.225 e. The molecule has 0 bridgehead atoms. The molecule has 100 valence electrons. The number of nitrogens with one attached hydrogen (secondary N) is 1. The number of anilines is 1. The molecule has 0 saturated heterocycles. The number of hydrogen-bond acceptors (Lipinski definition) is 4. The second-order valence-corrected chi connectivity index (χ2v) is 4.83. The molecule has 1 aromatic heterocycles. The van der Waals surface area contributed by atoms with Gasteiger partial charge >= 0.3 is 0 Å². The summed E-state index contributed by atoms with van der Waals surface area (Å²) in [5.41, 5.74) is 5.45. The number of rotatable bonds is 6. The molecule has 1 unspecified atom stereocenters. The highest BCUT2D eigenvalue weighted by atomic mass is 35.5. The minimum absolute atomic E-state index is 0.124. The van der Waals surface area contributed by atoms with Crippen LogP contribution in [0.5, 0.6) is 0 Å². The molecular formula is C11H16Cl2N4O. The summed E-state index contributed by atoms with van der Waals surface area (Å²) in [6.45, 7) is 2.70. The van der Waals surface area contributed by atoms with E-state index in [0.717, 1.165) is 12.8 Å². The molecule has 0 aliphatic carbocycles. The lowest BCUT2D eigenvalue weighted by Crippen LogP contribution is -2.15. The normalized spacial score (nSPS) is 12.2. The summed E-state index contributed by atoms with van der Waals surface area (Å²) in [4.78, 5) is 19.2. The Morgan fingerprint density at radius 1 is 1.44 bits per heavy atom. The van der Waals surface area contributed by atoms with Gasteiger partial charge in [-0.05, 0) is 25.3 Å². The summed E-state index contributed by atoms with van der Waals surface area (Å²) in [7, 11) is 0. The van der Waals surface area contributed by atoms with Crippen LogP contribution in [0.1, 0.15) is 26.2 Å². The lowest BCUT2D eigenvalue weighted by Gasteiger charge is -2.10. The molecule has 3 N–H and O–H groups in total. The Morgan fingerprint density at radius 2 is 2.17 bits per heavy atom. The van der Waals surface area contributed by atoms with Crippen molar-refractivity contribution < 1.29 is 4.79 Å². The van der Waals surface area contributed by atoms with Crippen LogP contribution in [0.15, 0.2) is 6.33 Å². The van der Waals surface area contributed by atoms with Crippen LogP contribution < -0.4 is 11.1 Å². The number of halogens is 2. The van der Waals surface area contributed by atoms with Gasteiger partial charge in [0.2, 0.25) is 5.91 Å². The van der Waals surface area contributed by atoms with Crippen LogP contribution >= 0.6 is 23.2 Å². The zero-order valence-electron chi connectivity index (χ0n) is 10.1. The fourth-order valence-corrected chi connectivity index (χ4v) is 1.71. The quantitative estimate of drug-likeness (QED) is 0.789. The molecule has 0 fully saturated rings. The second kappa shape index (κ2) is 7.51. The third-order valence-corrected chi connectivity index (χ3v) is 3.27. The monoisotopic (exact) mass is 290 g/mol. The molecule has 0 aliphatic rings. The van der Waals surface area contributed by atoms with Gasteiger partial charge in [-0.3, -0.25) is 4.79 Å². The Labute approximate surface area is 116 Å². The molecule has 0 radical (unpaired) electrons. The van der Waals surface area contributed by atoms with Gasteiger partial charge in [-0.2, -0.15) is 0 Å². The average molecular weight is 291 g/mol. The summed E-state index contributed by atoms with van der Waals surface area (Å²) in [6.07, 6.45) is 3.34. The van der Waals surface area contributed by atoms with Crippen LogP contribution in [-0.2, 0) is 4.79 Å². The van der Waals surface area contributed by atoms with Crippen molar-refractivity contribution in [3.8, 4) is 0 Å². The Balaban J connectivity index is 2.47. The zero-order chi connectivity index (χ0) is 13.5. The number of hydrogen-bond donors (Lipinski definition) is 2. The minimum atomic E-state index is -0.143. The summed E-state index contributed by atoms with van der Waals surface area (Å²) < 4.78 is 0. The maximum absolute atomic E-state index is 11.7. The molecule has 5 nitrogen and oxygen atoms in total. The molecule has 1 atom stereocenters. The van der Waals surface area contributed by atoms with Crippen LogP contribution in [0.3, 0.4) is 0 Å². The summed E-state index contributed by atoms with van der Waals surface area (Å²) in [6, 6.07) is 0. The van der Waals surface area contributed by atoms with Crippen molar-refractivity contribution in [2.24, 2.45) is 11.7 Å². The van der Waals surface area contributed by atoms with E-state index in [4.69, 9.17) is 28.9 Å².